The van der Waals surface area contributed by atoms with Crippen LogP contribution in [0.4, 0.5) is 0 Å². The minimum Gasteiger partial charge on any atom is -0.313 e. The molecule has 1 saturated heterocycles. The molecule has 2 rings (SSSR count). The van der Waals surface area contributed by atoms with E-state index in [9.17, 15) is 4.79 Å². The Balaban J connectivity index is 1.88. The van der Waals surface area contributed by atoms with Crippen LogP contribution in [0.5, 0.6) is 0 Å². The molecule has 0 unspecified atom stereocenters. The molecule has 0 amide bonds. The molecule has 0 bridgehead atoms. The Morgan fingerprint density at radius 3 is 3.29 bits per heavy atom. The Morgan fingerprint density at radius 2 is 2.57 bits per heavy atom. The predicted octanol–water partition coefficient (Wildman–Crippen LogP) is 0.614. The van der Waals surface area contributed by atoms with Crippen LogP contribution < -0.4 is 10.9 Å². The molecule has 1 atom stereocenters. The Bertz CT molecular complexity index is 346. The maximum absolute atomic E-state index is 11.0. The summed E-state index contributed by atoms with van der Waals surface area (Å²) in [7, 11) is 0. The van der Waals surface area contributed by atoms with Crippen molar-refractivity contribution in [1.82, 2.24) is 15.3 Å². The van der Waals surface area contributed by atoms with Gasteiger partial charge >= 0.3 is 0 Å². The van der Waals surface area contributed by atoms with Gasteiger partial charge in [0.1, 0.15) is 0 Å². The van der Waals surface area contributed by atoms with Crippen molar-refractivity contribution in [3.8, 4) is 0 Å². The van der Waals surface area contributed by atoms with Crippen LogP contribution in [0, 0.1) is 0 Å². The number of rotatable bonds is 3. The maximum atomic E-state index is 11.0. The van der Waals surface area contributed by atoms with Crippen molar-refractivity contribution in [2.75, 3.05) is 12.3 Å². The first kappa shape index (κ1) is 9.73. The molecule has 1 aliphatic rings. The molecule has 0 radical (unpaired) electrons. The second-order valence-electron chi connectivity index (χ2n) is 3.34. The second kappa shape index (κ2) is 4.61. The molecule has 1 aliphatic heterocycles. The van der Waals surface area contributed by atoms with Crippen molar-refractivity contribution in [2.24, 2.45) is 0 Å². The molecule has 0 aliphatic carbocycles. The lowest BCUT2D eigenvalue weighted by Crippen LogP contribution is -2.23. The lowest BCUT2D eigenvalue weighted by atomic mass is 10.3. The highest BCUT2D eigenvalue weighted by atomic mass is 32.2. The number of nitrogens with one attached hydrogen (secondary N) is 2. The predicted molar refractivity (Wildman–Crippen MR) is 56.6 cm³/mol. The van der Waals surface area contributed by atoms with Gasteiger partial charge < -0.3 is 10.3 Å². The van der Waals surface area contributed by atoms with E-state index in [0.717, 1.165) is 12.3 Å². The van der Waals surface area contributed by atoms with E-state index in [-0.39, 0.29) is 5.56 Å². The van der Waals surface area contributed by atoms with Gasteiger partial charge in [0.2, 0.25) is 0 Å². The van der Waals surface area contributed by atoms with Gasteiger partial charge in [0, 0.05) is 24.1 Å². The fraction of sp³-hybridized carbons (Fsp3) is 0.556. The molecule has 14 heavy (non-hydrogen) atoms. The average molecular weight is 211 g/mol. The summed E-state index contributed by atoms with van der Waals surface area (Å²) in [6, 6.07) is 2.00. The SMILES string of the molecule is O=c1ccnc(SC[C@@H]2CCCN2)[nH]1. The van der Waals surface area contributed by atoms with Crippen molar-refractivity contribution in [3.63, 3.8) is 0 Å². The van der Waals surface area contributed by atoms with E-state index >= 15 is 0 Å². The largest absolute Gasteiger partial charge is 0.313 e. The number of aromatic nitrogens is 2. The highest BCUT2D eigenvalue weighted by Gasteiger charge is 2.14. The summed E-state index contributed by atoms with van der Waals surface area (Å²) < 4.78 is 0. The van der Waals surface area contributed by atoms with E-state index in [2.05, 4.69) is 15.3 Å². The van der Waals surface area contributed by atoms with Gasteiger partial charge in [-0.2, -0.15) is 0 Å². The molecule has 1 aromatic rings. The van der Waals surface area contributed by atoms with Gasteiger partial charge in [0.25, 0.3) is 5.56 Å². The Labute approximate surface area is 86.5 Å². The maximum Gasteiger partial charge on any atom is 0.251 e. The minimum absolute atomic E-state index is 0.0816. The van der Waals surface area contributed by atoms with Gasteiger partial charge in [-0.3, -0.25) is 4.79 Å². The van der Waals surface area contributed by atoms with Crippen molar-refractivity contribution >= 4 is 11.8 Å². The van der Waals surface area contributed by atoms with Crippen LogP contribution in [-0.4, -0.2) is 28.3 Å². The number of hydrogen-bond donors (Lipinski definition) is 2. The smallest absolute Gasteiger partial charge is 0.251 e. The summed E-state index contributed by atoms with van der Waals surface area (Å²) in [6.07, 6.45) is 4.03. The molecule has 0 spiro atoms. The quantitative estimate of drug-likeness (QED) is 0.568. The van der Waals surface area contributed by atoms with Crippen LogP contribution in [0.2, 0.25) is 0 Å². The molecule has 4 nitrogen and oxygen atoms in total. The number of aromatic amines is 1. The number of hydrogen-bond acceptors (Lipinski definition) is 4. The first-order valence-electron chi connectivity index (χ1n) is 4.76. The first-order valence-corrected chi connectivity index (χ1v) is 5.75. The Kier molecular flexibility index (Phi) is 3.21. The molecule has 1 fully saturated rings. The monoisotopic (exact) mass is 211 g/mol. The van der Waals surface area contributed by atoms with Gasteiger partial charge in [-0.15, -0.1) is 0 Å². The molecular weight excluding hydrogens is 198 g/mol. The van der Waals surface area contributed by atoms with Gasteiger partial charge in [-0.05, 0) is 19.4 Å². The Morgan fingerprint density at radius 1 is 1.64 bits per heavy atom. The van der Waals surface area contributed by atoms with Crippen molar-refractivity contribution in [3.05, 3.63) is 22.6 Å². The zero-order valence-electron chi connectivity index (χ0n) is 7.82. The summed E-state index contributed by atoms with van der Waals surface area (Å²) >= 11 is 1.60. The van der Waals surface area contributed by atoms with E-state index in [1.165, 1.54) is 18.9 Å². The van der Waals surface area contributed by atoms with Crippen molar-refractivity contribution in [2.45, 2.75) is 24.0 Å². The number of H-pyrrole nitrogens is 1. The molecule has 1 aromatic heterocycles. The third kappa shape index (κ3) is 2.59. The highest BCUT2D eigenvalue weighted by molar-refractivity contribution is 7.99. The zero-order chi connectivity index (χ0) is 9.80. The van der Waals surface area contributed by atoms with Crippen molar-refractivity contribution < 1.29 is 0 Å². The van der Waals surface area contributed by atoms with Crippen molar-refractivity contribution in [1.29, 1.82) is 0 Å². The molecular formula is C9H13N3OS. The van der Waals surface area contributed by atoms with Crippen LogP contribution in [0.1, 0.15) is 12.8 Å². The van der Waals surface area contributed by atoms with Crippen LogP contribution in [0.15, 0.2) is 22.2 Å². The van der Waals surface area contributed by atoms with Crippen LogP contribution >= 0.6 is 11.8 Å². The van der Waals surface area contributed by atoms with Gasteiger partial charge in [-0.1, -0.05) is 11.8 Å². The van der Waals surface area contributed by atoms with Crippen LogP contribution in [-0.2, 0) is 0 Å². The van der Waals surface area contributed by atoms with E-state index in [1.807, 2.05) is 0 Å². The van der Waals surface area contributed by atoms with E-state index in [1.54, 1.807) is 18.0 Å². The first-order chi connectivity index (χ1) is 6.84. The molecule has 2 heterocycles. The fourth-order valence-electron chi connectivity index (χ4n) is 1.50. The third-order valence-corrected chi connectivity index (χ3v) is 3.28. The van der Waals surface area contributed by atoms with Gasteiger partial charge in [0.05, 0.1) is 0 Å². The lowest BCUT2D eigenvalue weighted by Gasteiger charge is -2.07. The summed E-state index contributed by atoms with van der Waals surface area (Å²) in [5, 5.41) is 4.11. The fourth-order valence-corrected chi connectivity index (χ4v) is 2.46. The van der Waals surface area contributed by atoms with Gasteiger partial charge in [-0.25, -0.2) is 4.98 Å². The van der Waals surface area contributed by atoms with Gasteiger partial charge in [0.15, 0.2) is 5.16 Å². The van der Waals surface area contributed by atoms with E-state index in [0.29, 0.717) is 11.2 Å². The minimum atomic E-state index is -0.0816. The highest BCUT2D eigenvalue weighted by Crippen LogP contribution is 2.16. The molecule has 2 N–H and O–H groups in total. The number of nitrogens with zero attached hydrogens (tertiary/aromatic N) is 1. The van der Waals surface area contributed by atoms with E-state index in [4.69, 9.17) is 0 Å². The standard InChI is InChI=1S/C9H13N3OS/c13-8-3-5-11-9(12-8)14-6-7-2-1-4-10-7/h3,5,7,10H,1-2,4,6H2,(H,11,12,13)/t7-/m0/s1. The Hall–Kier alpha value is -0.810. The summed E-state index contributed by atoms with van der Waals surface area (Å²) in [5.74, 6) is 0.979. The second-order valence-corrected chi connectivity index (χ2v) is 4.35. The zero-order valence-corrected chi connectivity index (χ0v) is 8.64. The summed E-state index contributed by atoms with van der Waals surface area (Å²) in [6.45, 7) is 1.12. The molecule has 0 aromatic carbocycles. The molecule has 0 saturated carbocycles. The summed E-state index contributed by atoms with van der Waals surface area (Å²) in [4.78, 5) is 17.7. The molecule has 76 valence electrons. The topological polar surface area (TPSA) is 57.8 Å². The van der Waals surface area contributed by atoms with E-state index < -0.39 is 0 Å². The average Bonchev–Trinajstić information content (AvgIpc) is 2.67. The third-order valence-electron chi connectivity index (χ3n) is 2.23. The number of thioether (sulfide) groups is 1. The summed E-state index contributed by atoms with van der Waals surface area (Å²) in [5.41, 5.74) is -0.0816. The lowest BCUT2D eigenvalue weighted by molar-refractivity contribution is 0.673. The normalized spacial score (nSPS) is 21.3. The van der Waals surface area contributed by atoms with Crippen LogP contribution in [0.25, 0.3) is 0 Å². The molecule has 5 heteroatoms. The van der Waals surface area contributed by atoms with Crippen LogP contribution in [0.3, 0.4) is 0 Å².